The number of morpholine rings is 1. The highest BCUT2D eigenvalue weighted by Crippen LogP contribution is 2.20. The van der Waals surface area contributed by atoms with Crippen LogP contribution in [0, 0.1) is 0 Å². The standard InChI is InChI=1S/C8H13F2NO6S/c9-8(10,18(13,14)15)6-17-7(12)5-11-1-3-16-4-2-11/h1-6H2,(H,13,14,15). The second kappa shape index (κ2) is 5.87. The zero-order valence-corrected chi connectivity index (χ0v) is 10.2. The summed E-state index contributed by atoms with van der Waals surface area (Å²) in [5.74, 6) is -0.986. The van der Waals surface area contributed by atoms with E-state index >= 15 is 0 Å². The molecule has 0 aromatic carbocycles. The summed E-state index contributed by atoms with van der Waals surface area (Å²) in [4.78, 5) is 12.8. The molecule has 1 N–H and O–H groups in total. The quantitative estimate of drug-likeness (QED) is 0.530. The lowest BCUT2D eigenvalue weighted by Gasteiger charge is -2.25. The van der Waals surface area contributed by atoms with Gasteiger partial charge in [-0.1, -0.05) is 0 Å². The van der Waals surface area contributed by atoms with E-state index in [0.717, 1.165) is 0 Å². The van der Waals surface area contributed by atoms with Gasteiger partial charge in [-0.25, -0.2) is 0 Å². The van der Waals surface area contributed by atoms with Gasteiger partial charge >= 0.3 is 21.3 Å². The molecule has 1 fully saturated rings. The molecule has 106 valence electrons. The summed E-state index contributed by atoms with van der Waals surface area (Å²) in [6, 6.07) is 0. The second-order valence-electron chi connectivity index (χ2n) is 3.66. The van der Waals surface area contributed by atoms with Gasteiger partial charge in [-0.3, -0.25) is 14.2 Å². The van der Waals surface area contributed by atoms with E-state index in [0.29, 0.717) is 26.3 Å². The van der Waals surface area contributed by atoms with E-state index in [-0.39, 0.29) is 6.54 Å². The Morgan fingerprint density at radius 2 is 1.94 bits per heavy atom. The first-order chi connectivity index (χ1) is 8.22. The maximum atomic E-state index is 12.7. The van der Waals surface area contributed by atoms with Crippen LogP contribution in [0.5, 0.6) is 0 Å². The predicted octanol–water partition coefficient (Wildman–Crippen LogP) is -0.658. The van der Waals surface area contributed by atoms with Crippen molar-refractivity contribution in [3.05, 3.63) is 0 Å². The Labute approximate surface area is 102 Å². The van der Waals surface area contributed by atoms with Gasteiger partial charge in [-0.05, 0) is 0 Å². The molecular weight excluding hydrogens is 276 g/mol. The van der Waals surface area contributed by atoms with Crippen molar-refractivity contribution < 1.29 is 36.0 Å². The number of hydrogen-bond acceptors (Lipinski definition) is 6. The Bertz CT molecular complexity index is 392. The number of carbonyl (C=O) groups is 1. The van der Waals surface area contributed by atoms with Crippen LogP contribution >= 0.6 is 0 Å². The normalized spacial score (nSPS) is 18.6. The summed E-state index contributed by atoms with van der Waals surface area (Å²) < 4.78 is 63.3. The average Bonchev–Trinajstić information content (AvgIpc) is 2.26. The van der Waals surface area contributed by atoms with Gasteiger partial charge < -0.3 is 9.47 Å². The minimum atomic E-state index is -5.58. The first kappa shape index (κ1) is 15.2. The van der Waals surface area contributed by atoms with E-state index in [4.69, 9.17) is 9.29 Å². The summed E-state index contributed by atoms with van der Waals surface area (Å²) >= 11 is 0. The van der Waals surface area contributed by atoms with Gasteiger partial charge in [-0.15, -0.1) is 0 Å². The van der Waals surface area contributed by atoms with Gasteiger partial charge in [0.2, 0.25) is 0 Å². The second-order valence-corrected chi connectivity index (χ2v) is 5.21. The molecule has 0 amide bonds. The molecule has 1 heterocycles. The number of carbonyl (C=O) groups excluding carboxylic acids is 1. The molecule has 7 nitrogen and oxygen atoms in total. The molecule has 0 unspecified atom stereocenters. The van der Waals surface area contributed by atoms with E-state index in [1.54, 1.807) is 4.90 Å². The number of esters is 1. The van der Waals surface area contributed by atoms with Crippen molar-refractivity contribution in [1.29, 1.82) is 0 Å². The summed E-state index contributed by atoms with van der Waals surface area (Å²) in [7, 11) is -5.58. The molecule has 0 radical (unpaired) electrons. The van der Waals surface area contributed by atoms with Crippen LogP contribution in [-0.2, 0) is 24.4 Å². The third kappa shape index (κ3) is 4.44. The molecule has 1 aliphatic heterocycles. The minimum Gasteiger partial charge on any atom is -0.457 e. The van der Waals surface area contributed by atoms with E-state index < -0.39 is 27.9 Å². The molecule has 1 rings (SSSR count). The van der Waals surface area contributed by atoms with Gasteiger partial charge in [0, 0.05) is 13.1 Å². The monoisotopic (exact) mass is 289 g/mol. The predicted molar refractivity (Wildman–Crippen MR) is 54.7 cm³/mol. The number of alkyl halides is 2. The first-order valence-corrected chi connectivity index (χ1v) is 6.47. The van der Waals surface area contributed by atoms with Crippen LogP contribution in [0.2, 0.25) is 0 Å². The molecule has 0 atom stereocenters. The maximum Gasteiger partial charge on any atom is 0.402 e. The molecule has 18 heavy (non-hydrogen) atoms. The number of halogens is 2. The highest BCUT2D eigenvalue weighted by molar-refractivity contribution is 7.86. The largest absolute Gasteiger partial charge is 0.457 e. The summed E-state index contributed by atoms with van der Waals surface area (Å²) in [5, 5.41) is -4.49. The van der Waals surface area contributed by atoms with E-state index in [1.165, 1.54) is 0 Å². The summed E-state index contributed by atoms with van der Waals surface area (Å²) in [6.07, 6.45) is 0. The highest BCUT2D eigenvalue weighted by Gasteiger charge is 2.45. The van der Waals surface area contributed by atoms with Crippen LogP contribution < -0.4 is 0 Å². The van der Waals surface area contributed by atoms with Crippen molar-refractivity contribution in [3.8, 4) is 0 Å². The Balaban J connectivity index is 2.37. The average molecular weight is 289 g/mol. The Hall–Kier alpha value is -0.840. The van der Waals surface area contributed by atoms with Crippen molar-refractivity contribution in [2.45, 2.75) is 5.25 Å². The lowest BCUT2D eigenvalue weighted by molar-refractivity contribution is -0.151. The molecule has 0 aliphatic carbocycles. The van der Waals surface area contributed by atoms with Crippen molar-refractivity contribution in [3.63, 3.8) is 0 Å². The van der Waals surface area contributed by atoms with Gasteiger partial charge in [0.1, 0.15) is 0 Å². The fourth-order valence-electron chi connectivity index (χ4n) is 1.23. The topological polar surface area (TPSA) is 93.1 Å². The number of ether oxygens (including phenoxy) is 2. The maximum absolute atomic E-state index is 12.7. The molecule has 0 bridgehead atoms. The Morgan fingerprint density at radius 3 is 2.44 bits per heavy atom. The Kier molecular flexibility index (Phi) is 4.96. The van der Waals surface area contributed by atoms with Crippen LogP contribution in [0.3, 0.4) is 0 Å². The molecule has 0 saturated carbocycles. The molecule has 1 saturated heterocycles. The number of rotatable bonds is 5. The third-order valence-corrected chi connectivity index (χ3v) is 3.11. The highest BCUT2D eigenvalue weighted by atomic mass is 32.2. The van der Waals surface area contributed by atoms with Crippen LogP contribution in [0.15, 0.2) is 0 Å². The SMILES string of the molecule is O=C(CN1CCOCC1)OCC(F)(F)S(=O)(=O)O. The van der Waals surface area contributed by atoms with Crippen molar-refractivity contribution in [2.24, 2.45) is 0 Å². The lowest BCUT2D eigenvalue weighted by Crippen LogP contribution is -2.41. The van der Waals surface area contributed by atoms with Crippen LogP contribution in [0.4, 0.5) is 8.78 Å². The smallest absolute Gasteiger partial charge is 0.402 e. The zero-order chi connectivity index (χ0) is 13.8. The summed E-state index contributed by atoms with van der Waals surface area (Å²) in [6.45, 7) is -0.156. The number of hydrogen-bond donors (Lipinski definition) is 1. The summed E-state index contributed by atoms with van der Waals surface area (Å²) in [5.41, 5.74) is 0. The number of nitrogens with zero attached hydrogens (tertiary/aromatic N) is 1. The molecule has 0 aromatic heterocycles. The zero-order valence-electron chi connectivity index (χ0n) is 9.34. The third-order valence-electron chi connectivity index (χ3n) is 2.23. The lowest BCUT2D eigenvalue weighted by atomic mass is 10.4. The molecular formula is C8H13F2NO6S. The van der Waals surface area contributed by atoms with E-state index in [2.05, 4.69) is 4.74 Å². The first-order valence-electron chi connectivity index (χ1n) is 5.03. The van der Waals surface area contributed by atoms with Gasteiger partial charge in [0.05, 0.1) is 19.8 Å². The fraction of sp³-hybridized carbons (Fsp3) is 0.875. The fourth-order valence-corrected chi connectivity index (χ4v) is 1.43. The Morgan fingerprint density at radius 1 is 1.39 bits per heavy atom. The van der Waals surface area contributed by atoms with E-state index in [9.17, 15) is 22.0 Å². The molecule has 1 aliphatic rings. The van der Waals surface area contributed by atoms with Crippen LogP contribution in [0.25, 0.3) is 0 Å². The van der Waals surface area contributed by atoms with Gasteiger partial charge in [-0.2, -0.15) is 17.2 Å². The van der Waals surface area contributed by atoms with E-state index in [1.807, 2.05) is 0 Å². The molecule has 10 heteroatoms. The van der Waals surface area contributed by atoms with Crippen molar-refractivity contribution >= 4 is 16.1 Å². The van der Waals surface area contributed by atoms with Gasteiger partial charge in [0.25, 0.3) is 0 Å². The molecule has 0 spiro atoms. The molecule has 0 aromatic rings. The van der Waals surface area contributed by atoms with Gasteiger partial charge in [0.15, 0.2) is 6.61 Å². The minimum absolute atomic E-state index is 0.231. The van der Waals surface area contributed by atoms with Crippen molar-refractivity contribution in [2.75, 3.05) is 39.5 Å². The van der Waals surface area contributed by atoms with Crippen LogP contribution in [0.1, 0.15) is 0 Å². The van der Waals surface area contributed by atoms with Crippen LogP contribution in [-0.4, -0.2) is 68.5 Å². The van der Waals surface area contributed by atoms with Crippen molar-refractivity contribution in [1.82, 2.24) is 4.90 Å².